The van der Waals surface area contributed by atoms with Crippen LogP contribution in [0.1, 0.15) is 37.6 Å². The fourth-order valence-electron chi connectivity index (χ4n) is 2.94. The zero-order valence-electron chi connectivity index (χ0n) is 11.6. The molecule has 19 heavy (non-hydrogen) atoms. The lowest BCUT2D eigenvalue weighted by Gasteiger charge is -2.39. The van der Waals surface area contributed by atoms with Crippen LogP contribution in [0.25, 0.3) is 0 Å². The van der Waals surface area contributed by atoms with E-state index in [4.69, 9.17) is 5.73 Å². The predicted molar refractivity (Wildman–Crippen MR) is 84.4 cm³/mol. The number of likely N-dealkylation sites (tertiary alicyclic amines) is 1. The number of thiophene rings is 1. The van der Waals surface area contributed by atoms with Gasteiger partial charge in [0.2, 0.25) is 0 Å². The molecule has 1 fully saturated rings. The van der Waals surface area contributed by atoms with Crippen LogP contribution >= 0.6 is 27.3 Å². The molecule has 0 saturated carbocycles. The molecule has 1 aliphatic heterocycles. The van der Waals surface area contributed by atoms with E-state index >= 15 is 0 Å². The summed E-state index contributed by atoms with van der Waals surface area (Å²) < 4.78 is 1.16. The minimum Gasteiger partial charge on any atom is -0.393 e. The van der Waals surface area contributed by atoms with Crippen molar-refractivity contribution in [3.63, 3.8) is 0 Å². The van der Waals surface area contributed by atoms with Crippen LogP contribution in [0.4, 0.5) is 0 Å². The van der Waals surface area contributed by atoms with Crippen molar-refractivity contribution in [3.05, 3.63) is 20.8 Å². The number of hydrogen-bond donors (Lipinski definition) is 2. The van der Waals surface area contributed by atoms with E-state index in [0.717, 1.165) is 29.7 Å². The summed E-state index contributed by atoms with van der Waals surface area (Å²) in [5, 5.41) is 9.68. The molecule has 2 heterocycles. The average Bonchev–Trinajstić information content (AvgIpc) is 2.76. The Hall–Kier alpha value is 0.0600. The van der Waals surface area contributed by atoms with Crippen molar-refractivity contribution in [1.29, 1.82) is 0 Å². The van der Waals surface area contributed by atoms with Crippen LogP contribution in [-0.2, 0) is 0 Å². The molecule has 1 aliphatic rings. The molecule has 0 bridgehead atoms. The molecule has 1 saturated heterocycles. The third-order valence-electron chi connectivity index (χ3n) is 4.03. The summed E-state index contributed by atoms with van der Waals surface area (Å²) in [4.78, 5) is 3.80. The van der Waals surface area contributed by atoms with Gasteiger partial charge in [0, 0.05) is 10.9 Å². The molecular weight excluding hydrogens is 324 g/mol. The quantitative estimate of drug-likeness (QED) is 0.880. The zero-order valence-corrected chi connectivity index (χ0v) is 14.0. The van der Waals surface area contributed by atoms with Gasteiger partial charge in [-0.2, -0.15) is 0 Å². The van der Waals surface area contributed by atoms with Crippen LogP contribution in [0, 0.1) is 5.92 Å². The molecule has 3 N–H and O–H groups in total. The van der Waals surface area contributed by atoms with Crippen LogP contribution in [0.15, 0.2) is 15.9 Å². The second-order valence-corrected chi connectivity index (χ2v) is 8.05. The van der Waals surface area contributed by atoms with Gasteiger partial charge in [0.05, 0.1) is 15.9 Å². The van der Waals surface area contributed by atoms with Gasteiger partial charge in [0.15, 0.2) is 0 Å². The van der Waals surface area contributed by atoms with Crippen LogP contribution < -0.4 is 5.73 Å². The Kier molecular flexibility index (Phi) is 5.43. The molecule has 0 aromatic carbocycles. The third-order valence-corrected chi connectivity index (χ3v) is 5.73. The fourth-order valence-corrected chi connectivity index (χ4v) is 4.61. The molecule has 3 atom stereocenters. The molecule has 0 radical (unpaired) electrons. The first-order valence-electron chi connectivity index (χ1n) is 6.92. The third kappa shape index (κ3) is 3.79. The molecule has 1 aromatic rings. The lowest BCUT2D eigenvalue weighted by atomic mass is 9.90. The number of nitrogens with zero attached hydrogens (tertiary/aromatic N) is 1. The molecule has 1 aromatic heterocycles. The van der Waals surface area contributed by atoms with Crippen molar-refractivity contribution in [3.8, 4) is 0 Å². The highest BCUT2D eigenvalue weighted by molar-refractivity contribution is 9.11. The molecule has 3 nitrogen and oxygen atoms in total. The van der Waals surface area contributed by atoms with Gasteiger partial charge in [0.25, 0.3) is 0 Å². The maximum atomic E-state index is 9.68. The first kappa shape index (κ1) is 15.4. The molecule has 108 valence electrons. The van der Waals surface area contributed by atoms with Crippen molar-refractivity contribution >= 4 is 27.3 Å². The predicted octanol–water partition coefficient (Wildman–Crippen LogP) is 2.99. The molecule has 5 heteroatoms. The van der Waals surface area contributed by atoms with Crippen molar-refractivity contribution < 1.29 is 5.11 Å². The second kappa shape index (κ2) is 6.68. The number of rotatable bonds is 4. The Morgan fingerprint density at radius 3 is 2.42 bits per heavy atom. The first-order valence-corrected chi connectivity index (χ1v) is 8.53. The summed E-state index contributed by atoms with van der Waals surface area (Å²) >= 11 is 5.30. The molecule has 0 aliphatic carbocycles. The van der Waals surface area contributed by atoms with Gasteiger partial charge in [-0.15, -0.1) is 11.3 Å². The SMILES string of the molecule is CC(N)C(c1ccc(Br)s1)N1CCC(C(C)O)CC1. The lowest BCUT2D eigenvalue weighted by molar-refractivity contribution is 0.0519. The van der Waals surface area contributed by atoms with Gasteiger partial charge in [-0.05, 0) is 73.8 Å². The summed E-state index contributed by atoms with van der Waals surface area (Å²) in [6, 6.07) is 4.68. The number of aliphatic hydroxyl groups excluding tert-OH is 1. The summed E-state index contributed by atoms with van der Waals surface area (Å²) in [6.07, 6.45) is 1.94. The zero-order chi connectivity index (χ0) is 14.0. The van der Waals surface area contributed by atoms with E-state index in [1.54, 1.807) is 11.3 Å². The maximum Gasteiger partial charge on any atom is 0.0702 e. The van der Waals surface area contributed by atoms with Crippen molar-refractivity contribution in [2.24, 2.45) is 11.7 Å². The summed E-state index contributed by atoms with van der Waals surface area (Å²) in [5.41, 5.74) is 6.20. The highest BCUT2D eigenvalue weighted by Crippen LogP contribution is 2.35. The topological polar surface area (TPSA) is 49.5 Å². The number of piperidine rings is 1. The van der Waals surface area contributed by atoms with E-state index < -0.39 is 0 Å². The van der Waals surface area contributed by atoms with E-state index in [0.29, 0.717) is 12.0 Å². The normalized spacial score (nSPS) is 23.2. The lowest BCUT2D eigenvalue weighted by Crippen LogP contribution is -2.44. The Balaban J connectivity index is 2.05. The Morgan fingerprint density at radius 2 is 2.00 bits per heavy atom. The highest BCUT2D eigenvalue weighted by Gasteiger charge is 2.30. The maximum absolute atomic E-state index is 9.68. The minimum atomic E-state index is -0.188. The number of nitrogens with two attached hydrogens (primary N) is 1. The van der Waals surface area contributed by atoms with Gasteiger partial charge >= 0.3 is 0 Å². The van der Waals surface area contributed by atoms with Crippen molar-refractivity contribution in [1.82, 2.24) is 4.90 Å². The number of halogens is 1. The number of hydrogen-bond acceptors (Lipinski definition) is 4. The van der Waals surface area contributed by atoms with Crippen LogP contribution in [0.5, 0.6) is 0 Å². The molecule has 3 unspecified atom stereocenters. The standard InChI is InChI=1S/C14H23BrN2OS/c1-9(16)14(12-3-4-13(15)19-12)17-7-5-11(6-8-17)10(2)18/h3-4,9-11,14,18H,5-8,16H2,1-2H3. The van der Waals surface area contributed by atoms with E-state index in [1.165, 1.54) is 4.88 Å². The van der Waals surface area contributed by atoms with Crippen LogP contribution in [-0.4, -0.2) is 35.2 Å². The largest absolute Gasteiger partial charge is 0.393 e. The average molecular weight is 347 g/mol. The summed E-state index contributed by atoms with van der Waals surface area (Å²) in [5.74, 6) is 0.444. The Labute approximate surface area is 127 Å². The Bertz CT molecular complexity index is 400. The Morgan fingerprint density at radius 1 is 1.37 bits per heavy atom. The van der Waals surface area contributed by atoms with E-state index in [-0.39, 0.29) is 12.1 Å². The van der Waals surface area contributed by atoms with Gasteiger partial charge < -0.3 is 10.8 Å². The molecule has 0 amide bonds. The minimum absolute atomic E-state index is 0.119. The summed E-state index contributed by atoms with van der Waals surface area (Å²) in [6.45, 7) is 6.04. The van der Waals surface area contributed by atoms with Gasteiger partial charge in [-0.25, -0.2) is 0 Å². The summed E-state index contributed by atoms with van der Waals surface area (Å²) in [7, 11) is 0. The van der Waals surface area contributed by atoms with Crippen molar-refractivity contribution in [2.75, 3.05) is 13.1 Å². The van der Waals surface area contributed by atoms with Crippen LogP contribution in [0.2, 0.25) is 0 Å². The van der Waals surface area contributed by atoms with E-state index in [2.05, 4.69) is 39.9 Å². The van der Waals surface area contributed by atoms with Gasteiger partial charge in [0.1, 0.15) is 0 Å². The highest BCUT2D eigenvalue weighted by atomic mass is 79.9. The van der Waals surface area contributed by atoms with Crippen LogP contribution in [0.3, 0.4) is 0 Å². The van der Waals surface area contributed by atoms with Crippen molar-refractivity contribution in [2.45, 2.75) is 44.9 Å². The number of aliphatic hydroxyl groups is 1. The second-order valence-electron chi connectivity index (χ2n) is 5.56. The molecule has 2 rings (SSSR count). The van der Waals surface area contributed by atoms with Gasteiger partial charge in [-0.3, -0.25) is 4.90 Å². The fraction of sp³-hybridized carbons (Fsp3) is 0.714. The smallest absolute Gasteiger partial charge is 0.0702 e. The molecular formula is C14H23BrN2OS. The van der Waals surface area contributed by atoms with E-state index in [9.17, 15) is 5.11 Å². The first-order chi connectivity index (χ1) is 8.99. The monoisotopic (exact) mass is 346 g/mol. The van der Waals surface area contributed by atoms with Gasteiger partial charge in [-0.1, -0.05) is 0 Å². The molecule has 0 spiro atoms. The van der Waals surface area contributed by atoms with E-state index in [1.807, 2.05) is 6.92 Å².